The fourth-order valence-electron chi connectivity index (χ4n) is 1.68. The summed E-state index contributed by atoms with van der Waals surface area (Å²) in [4.78, 5) is 0. The van der Waals surface area contributed by atoms with Crippen molar-refractivity contribution in [2.75, 3.05) is 16.8 Å². The first-order valence-corrected chi connectivity index (χ1v) is 5.59. The molecule has 0 bridgehead atoms. The summed E-state index contributed by atoms with van der Waals surface area (Å²) in [6.45, 7) is 2.77. The van der Waals surface area contributed by atoms with Gasteiger partial charge in [-0.15, -0.1) is 0 Å². The second-order valence-corrected chi connectivity index (χ2v) is 4.19. The molecule has 3 heteroatoms. The lowest BCUT2D eigenvalue weighted by Crippen LogP contribution is -2.02. The first-order chi connectivity index (χ1) is 8.15. The van der Waals surface area contributed by atoms with Gasteiger partial charge in [-0.3, -0.25) is 0 Å². The minimum atomic E-state index is 0.744. The highest BCUT2D eigenvalue weighted by molar-refractivity contribution is 5.66. The summed E-state index contributed by atoms with van der Waals surface area (Å²) in [5.74, 6) is 0. The molecule has 17 heavy (non-hydrogen) atoms. The van der Waals surface area contributed by atoms with Crippen molar-refractivity contribution in [3.8, 4) is 0 Å². The lowest BCUT2D eigenvalue weighted by atomic mass is 10.1. The Kier molecular flexibility index (Phi) is 3.19. The first-order valence-electron chi connectivity index (χ1n) is 5.59. The molecule has 2 rings (SSSR count). The highest BCUT2D eigenvalue weighted by Crippen LogP contribution is 2.20. The van der Waals surface area contributed by atoms with Crippen molar-refractivity contribution < 1.29 is 0 Å². The van der Waals surface area contributed by atoms with Crippen molar-refractivity contribution in [1.82, 2.24) is 0 Å². The second kappa shape index (κ2) is 4.78. The molecule has 2 aromatic rings. The van der Waals surface area contributed by atoms with Crippen LogP contribution in [0.1, 0.15) is 11.1 Å². The average molecular weight is 227 g/mol. The van der Waals surface area contributed by atoms with Crippen LogP contribution in [0.3, 0.4) is 0 Å². The fraction of sp³-hybridized carbons (Fsp3) is 0.143. The summed E-state index contributed by atoms with van der Waals surface area (Å²) in [5.41, 5.74) is 16.4. The third-order valence-corrected chi connectivity index (χ3v) is 2.67. The molecule has 0 aliphatic rings. The van der Waals surface area contributed by atoms with Crippen LogP contribution in [-0.2, 0) is 6.54 Å². The Morgan fingerprint density at radius 2 is 1.71 bits per heavy atom. The number of nitrogens with two attached hydrogens (primary N) is 2. The van der Waals surface area contributed by atoms with Gasteiger partial charge in [-0.2, -0.15) is 0 Å². The third kappa shape index (κ3) is 2.91. The topological polar surface area (TPSA) is 64.1 Å². The van der Waals surface area contributed by atoms with E-state index in [1.807, 2.05) is 49.4 Å². The van der Waals surface area contributed by atoms with Gasteiger partial charge in [0.2, 0.25) is 0 Å². The van der Waals surface area contributed by atoms with Crippen molar-refractivity contribution in [2.45, 2.75) is 13.5 Å². The molecule has 2 aromatic carbocycles. The Bertz CT molecular complexity index is 503. The van der Waals surface area contributed by atoms with Crippen LogP contribution in [-0.4, -0.2) is 0 Å². The van der Waals surface area contributed by atoms with Crippen molar-refractivity contribution in [3.05, 3.63) is 53.6 Å². The summed E-state index contributed by atoms with van der Waals surface area (Å²) in [6.07, 6.45) is 0. The van der Waals surface area contributed by atoms with E-state index in [0.29, 0.717) is 0 Å². The molecule has 0 aliphatic carbocycles. The summed E-state index contributed by atoms with van der Waals surface area (Å²) in [6, 6.07) is 13.8. The van der Waals surface area contributed by atoms with Crippen LogP contribution in [0, 0.1) is 6.92 Å². The Morgan fingerprint density at radius 1 is 1.00 bits per heavy atom. The zero-order chi connectivity index (χ0) is 12.3. The van der Waals surface area contributed by atoms with E-state index in [1.54, 1.807) is 0 Å². The molecule has 88 valence electrons. The molecule has 0 saturated heterocycles. The van der Waals surface area contributed by atoms with Crippen molar-refractivity contribution in [2.24, 2.45) is 0 Å². The molecule has 0 aliphatic heterocycles. The quantitative estimate of drug-likeness (QED) is 0.706. The molecule has 0 heterocycles. The molecular formula is C14H17N3. The summed E-state index contributed by atoms with van der Waals surface area (Å²) in [7, 11) is 0. The fourth-order valence-corrected chi connectivity index (χ4v) is 1.68. The molecule has 0 atom stereocenters. The number of hydrogen-bond acceptors (Lipinski definition) is 3. The van der Waals surface area contributed by atoms with E-state index in [0.717, 1.165) is 23.6 Å². The molecule has 0 radical (unpaired) electrons. The molecule has 5 N–H and O–H groups in total. The van der Waals surface area contributed by atoms with Crippen LogP contribution in [0.5, 0.6) is 0 Å². The smallest absolute Gasteiger partial charge is 0.0576 e. The van der Waals surface area contributed by atoms with Crippen molar-refractivity contribution in [1.29, 1.82) is 0 Å². The molecular weight excluding hydrogens is 210 g/mol. The Hall–Kier alpha value is -2.16. The zero-order valence-corrected chi connectivity index (χ0v) is 9.90. The molecule has 0 spiro atoms. The largest absolute Gasteiger partial charge is 0.399 e. The summed E-state index contributed by atoms with van der Waals surface area (Å²) in [5, 5.41) is 3.31. The van der Waals surface area contributed by atoms with Crippen molar-refractivity contribution >= 4 is 17.1 Å². The third-order valence-electron chi connectivity index (χ3n) is 2.67. The predicted molar refractivity (Wildman–Crippen MR) is 73.8 cm³/mol. The molecule has 0 amide bonds. The normalized spacial score (nSPS) is 10.2. The number of hydrogen-bond donors (Lipinski definition) is 3. The molecule has 0 unspecified atom stereocenters. The van der Waals surface area contributed by atoms with E-state index >= 15 is 0 Å². The zero-order valence-electron chi connectivity index (χ0n) is 9.90. The highest BCUT2D eigenvalue weighted by Gasteiger charge is 1.99. The number of benzene rings is 2. The number of rotatable bonds is 3. The Labute approximate surface area is 101 Å². The van der Waals surface area contributed by atoms with Gasteiger partial charge in [0.25, 0.3) is 0 Å². The van der Waals surface area contributed by atoms with E-state index < -0.39 is 0 Å². The minimum Gasteiger partial charge on any atom is -0.399 e. The van der Waals surface area contributed by atoms with Crippen LogP contribution in [0.25, 0.3) is 0 Å². The number of aryl methyl sites for hydroxylation is 1. The van der Waals surface area contributed by atoms with Gasteiger partial charge in [0.05, 0.1) is 11.4 Å². The number of anilines is 3. The van der Waals surface area contributed by atoms with E-state index in [1.165, 1.54) is 11.1 Å². The molecule has 0 saturated carbocycles. The van der Waals surface area contributed by atoms with Gasteiger partial charge in [-0.25, -0.2) is 0 Å². The van der Waals surface area contributed by atoms with Crippen LogP contribution in [0.2, 0.25) is 0 Å². The van der Waals surface area contributed by atoms with Crippen molar-refractivity contribution in [3.63, 3.8) is 0 Å². The van der Waals surface area contributed by atoms with E-state index in [-0.39, 0.29) is 0 Å². The van der Waals surface area contributed by atoms with Crippen LogP contribution in [0.4, 0.5) is 17.1 Å². The lowest BCUT2D eigenvalue weighted by molar-refractivity contribution is 1.15. The molecule has 0 aromatic heterocycles. The van der Waals surface area contributed by atoms with Crippen LogP contribution < -0.4 is 16.8 Å². The van der Waals surface area contributed by atoms with Crippen LogP contribution >= 0.6 is 0 Å². The SMILES string of the molecule is Cc1ccc(NCc2ccc(N)cc2)c(N)c1. The second-order valence-electron chi connectivity index (χ2n) is 4.19. The standard InChI is InChI=1S/C14H17N3/c1-10-2-7-14(13(16)8-10)17-9-11-3-5-12(15)6-4-11/h2-8,17H,9,15-16H2,1H3. The maximum atomic E-state index is 5.93. The highest BCUT2D eigenvalue weighted by atomic mass is 14.9. The van der Waals surface area contributed by atoms with Gasteiger partial charge in [0.15, 0.2) is 0 Å². The van der Waals surface area contributed by atoms with Gasteiger partial charge in [0.1, 0.15) is 0 Å². The molecule has 0 fully saturated rings. The lowest BCUT2D eigenvalue weighted by Gasteiger charge is -2.10. The van der Waals surface area contributed by atoms with Gasteiger partial charge in [-0.1, -0.05) is 18.2 Å². The average Bonchev–Trinajstić information content (AvgIpc) is 2.30. The number of nitrogens with one attached hydrogen (secondary N) is 1. The maximum absolute atomic E-state index is 5.93. The predicted octanol–water partition coefficient (Wildman–Crippen LogP) is 2.77. The van der Waals surface area contributed by atoms with E-state index in [4.69, 9.17) is 11.5 Å². The molecule has 3 nitrogen and oxygen atoms in total. The van der Waals surface area contributed by atoms with Gasteiger partial charge < -0.3 is 16.8 Å². The minimum absolute atomic E-state index is 0.744. The van der Waals surface area contributed by atoms with E-state index in [9.17, 15) is 0 Å². The number of nitrogen functional groups attached to an aromatic ring is 2. The summed E-state index contributed by atoms with van der Waals surface area (Å²) < 4.78 is 0. The Morgan fingerprint density at radius 3 is 2.35 bits per heavy atom. The summed E-state index contributed by atoms with van der Waals surface area (Å²) >= 11 is 0. The van der Waals surface area contributed by atoms with Gasteiger partial charge >= 0.3 is 0 Å². The van der Waals surface area contributed by atoms with Gasteiger partial charge in [-0.05, 0) is 42.3 Å². The van der Waals surface area contributed by atoms with E-state index in [2.05, 4.69) is 5.32 Å². The maximum Gasteiger partial charge on any atom is 0.0576 e. The van der Waals surface area contributed by atoms with Gasteiger partial charge in [0, 0.05) is 12.2 Å². The van der Waals surface area contributed by atoms with Crippen LogP contribution in [0.15, 0.2) is 42.5 Å². The monoisotopic (exact) mass is 227 g/mol. The first kappa shape index (κ1) is 11.3. The Balaban J connectivity index is 2.04.